The van der Waals surface area contributed by atoms with Crippen LogP contribution < -0.4 is 9.32 Å². The molecule has 0 amide bonds. The molecule has 3 heterocycles. The number of hydrogen-bond donors (Lipinski definition) is 1. The molecule has 4 rings (SSSR count). The fraction of sp³-hybridized carbons (Fsp3) is 0.0526. The summed E-state index contributed by atoms with van der Waals surface area (Å²) in [4.78, 5) is 13.0. The lowest BCUT2D eigenvalue weighted by Crippen LogP contribution is -2.18. The Morgan fingerprint density at radius 2 is 1.93 bits per heavy atom. The predicted molar refractivity (Wildman–Crippen MR) is 105 cm³/mol. The SMILES string of the molecule is N#Cc1cnc(Cn2cnc3cccnc32)cc1-c1ccc(OS(N)(=O)=O)cc1. The van der Waals surface area contributed by atoms with E-state index < -0.39 is 10.3 Å². The number of imidazole rings is 1. The van der Waals surface area contributed by atoms with Gasteiger partial charge in [0.15, 0.2) is 5.65 Å². The maximum atomic E-state index is 11.0. The molecule has 0 aliphatic heterocycles. The molecular formula is C19H14N6O3S. The summed E-state index contributed by atoms with van der Waals surface area (Å²) in [6, 6.07) is 13.9. The summed E-state index contributed by atoms with van der Waals surface area (Å²) in [5.41, 5.74) is 4.01. The van der Waals surface area contributed by atoms with Crippen LogP contribution in [-0.2, 0) is 16.8 Å². The lowest BCUT2D eigenvalue weighted by Gasteiger charge is -2.09. The third-order valence-electron chi connectivity index (χ3n) is 4.17. The van der Waals surface area contributed by atoms with E-state index in [0.29, 0.717) is 28.9 Å². The third kappa shape index (κ3) is 4.06. The Morgan fingerprint density at radius 1 is 1.14 bits per heavy atom. The zero-order valence-corrected chi connectivity index (χ0v) is 15.7. The highest BCUT2D eigenvalue weighted by molar-refractivity contribution is 7.84. The van der Waals surface area contributed by atoms with Crippen molar-refractivity contribution in [2.75, 3.05) is 0 Å². The van der Waals surface area contributed by atoms with E-state index in [2.05, 4.69) is 25.2 Å². The number of rotatable bonds is 5. The topological polar surface area (TPSA) is 137 Å². The Bertz CT molecular complexity index is 1340. The number of nitrogens with zero attached hydrogens (tertiary/aromatic N) is 5. The van der Waals surface area contributed by atoms with Gasteiger partial charge in [-0.25, -0.2) is 9.97 Å². The highest BCUT2D eigenvalue weighted by Gasteiger charge is 2.11. The van der Waals surface area contributed by atoms with Crippen LogP contribution in [0.4, 0.5) is 0 Å². The van der Waals surface area contributed by atoms with E-state index in [1.54, 1.807) is 24.7 Å². The van der Waals surface area contributed by atoms with E-state index in [9.17, 15) is 13.7 Å². The fourth-order valence-corrected chi connectivity index (χ4v) is 3.30. The Balaban J connectivity index is 1.68. The second kappa shape index (κ2) is 7.31. The Kier molecular flexibility index (Phi) is 4.67. The van der Waals surface area contributed by atoms with Gasteiger partial charge in [-0.15, -0.1) is 0 Å². The molecule has 0 atom stereocenters. The van der Waals surface area contributed by atoms with Gasteiger partial charge in [0.1, 0.15) is 17.3 Å². The average Bonchev–Trinajstić information content (AvgIpc) is 3.10. The number of nitrogens with two attached hydrogens (primary N) is 1. The molecule has 4 aromatic rings. The van der Waals surface area contributed by atoms with Gasteiger partial charge in [0.05, 0.1) is 24.1 Å². The first kappa shape index (κ1) is 18.5. The number of aromatic nitrogens is 4. The summed E-state index contributed by atoms with van der Waals surface area (Å²) in [5.74, 6) is 0.0833. The van der Waals surface area contributed by atoms with E-state index in [4.69, 9.17) is 5.14 Å². The van der Waals surface area contributed by atoms with Crippen LogP contribution in [0, 0.1) is 11.3 Å². The van der Waals surface area contributed by atoms with Crippen LogP contribution in [0.1, 0.15) is 11.3 Å². The number of pyridine rings is 2. The molecule has 1 aromatic carbocycles. The van der Waals surface area contributed by atoms with Crippen molar-refractivity contribution in [1.82, 2.24) is 19.5 Å². The summed E-state index contributed by atoms with van der Waals surface area (Å²) >= 11 is 0. The fourth-order valence-electron chi connectivity index (χ4n) is 2.92. The van der Waals surface area contributed by atoms with Gasteiger partial charge in [-0.05, 0) is 35.9 Å². The van der Waals surface area contributed by atoms with E-state index in [1.807, 2.05) is 22.8 Å². The van der Waals surface area contributed by atoms with Gasteiger partial charge in [-0.1, -0.05) is 12.1 Å². The van der Waals surface area contributed by atoms with Crippen molar-refractivity contribution in [2.24, 2.45) is 5.14 Å². The molecular weight excluding hydrogens is 392 g/mol. The zero-order valence-electron chi connectivity index (χ0n) is 14.9. The minimum absolute atomic E-state index is 0.0833. The molecule has 0 aliphatic rings. The lowest BCUT2D eigenvalue weighted by atomic mass is 10.0. The minimum atomic E-state index is -4.10. The highest BCUT2D eigenvalue weighted by atomic mass is 32.2. The summed E-state index contributed by atoms with van der Waals surface area (Å²) < 4.78 is 28.6. The van der Waals surface area contributed by atoms with E-state index in [-0.39, 0.29) is 5.75 Å². The van der Waals surface area contributed by atoms with Gasteiger partial charge in [0.2, 0.25) is 0 Å². The monoisotopic (exact) mass is 406 g/mol. The van der Waals surface area contributed by atoms with Gasteiger partial charge >= 0.3 is 10.3 Å². The smallest absolute Gasteiger partial charge is 0.371 e. The Morgan fingerprint density at radius 3 is 2.66 bits per heavy atom. The Hall–Kier alpha value is -3.81. The maximum Gasteiger partial charge on any atom is 0.380 e. The first-order valence-electron chi connectivity index (χ1n) is 8.40. The first-order chi connectivity index (χ1) is 13.9. The lowest BCUT2D eigenvalue weighted by molar-refractivity contribution is 0.488. The van der Waals surface area contributed by atoms with E-state index in [0.717, 1.165) is 11.2 Å². The van der Waals surface area contributed by atoms with Crippen LogP contribution in [0.15, 0.2) is 61.2 Å². The van der Waals surface area contributed by atoms with Crippen LogP contribution in [0.25, 0.3) is 22.3 Å². The van der Waals surface area contributed by atoms with Crippen molar-refractivity contribution in [3.05, 3.63) is 72.4 Å². The van der Waals surface area contributed by atoms with Crippen molar-refractivity contribution in [3.8, 4) is 22.9 Å². The van der Waals surface area contributed by atoms with Crippen molar-refractivity contribution in [2.45, 2.75) is 6.54 Å². The van der Waals surface area contributed by atoms with Crippen LogP contribution in [0.3, 0.4) is 0 Å². The minimum Gasteiger partial charge on any atom is -0.371 e. The highest BCUT2D eigenvalue weighted by Crippen LogP contribution is 2.26. The molecule has 10 heteroatoms. The largest absolute Gasteiger partial charge is 0.380 e. The maximum absolute atomic E-state index is 11.0. The summed E-state index contributed by atoms with van der Waals surface area (Å²) in [7, 11) is -4.10. The molecule has 3 aromatic heterocycles. The molecule has 29 heavy (non-hydrogen) atoms. The molecule has 0 spiro atoms. The normalized spacial score (nSPS) is 11.3. The van der Waals surface area contributed by atoms with Crippen molar-refractivity contribution in [3.63, 3.8) is 0 Å². The molecule has 0 saturated carbocycles. The average molecular weight is 406 g/mol. The van der Waals surface area contributed by atoms with Crippen molar-refractivity contribution < 1.29 is 12.6 Å². The Labute approximate surface area is 166 Å². The van der Waals surface area contributed by atoms with E-state index in [1.165, 1.54) is 18.3 Å². The van der Waals surface area contributed by atoms with E-state index >= 15 is 0 Å². The first-order valence-corrected chi connectivity index (χ1v) is 9.87. The quantitative estimate of drug-likeness (QED) is 0.535. The van der Waals surface area contributed by atoms with Crippen LogP contribution in [-0.4, -0.2) is 27.9 Å². The third-order valence-corrected chi connectivity index (χ3v) is 4.59. The molecule has 0 bridgehead atoms. The number of benzene rings is 1. The number of hydrogen-bond acceptors (Lipinski definition) is 7. The molecule has 0 saturated heterocycles. The second-order valence-electron chi connectivity index (χ2n) is 6.15. The molecule has 0 fully saturated rings. The van der Waals surface area contributed by atoms with Gasteiger partial charge in [0, 0.05) is 18.0 Å². The summed E-state index contributed by atoms with van der Waals surface area (Å²) in [6.45, 7) is 0.429. The standard InChI is InChI=1S/C19H14N6O3S/c20-9-14-10-23-15(11-25-12-24-18-2-1-7-22-19(18)25)8-17(14)13-3-5-16(6-4-13)28-29(21,26)27/h1-8,10,12H,11H2,(H2,21,26,27). The summed E-state index contributed by atoms with van der Waals surface area (Å²) in [6.07, 6.45) is 4.89. The molecule has 0 aliphatic carbocycles. The number of nitriles is 1. The molecule has 0 unspecified atom stereocenters. The second-order valence-corrected chi connectivity index (χ2v) is 7.30. The molecule has 9 nitrogen and oxygen atoms in total. The van der Waals surface area contributed by atoms with Crippen LogP contribution >= 0.6 is 0 Å². The van der Waals surface area contributed by atoms with Crippen LogP contribution in [0.2, 0.25) is 0 Å². The van der Waals surface area contributed by atoms with Crippen molar-refractivity contribution in [1.29, 1.82) is 5.26 Å². The van der Waals surface area contributed by atoms with Crippen molar-refractivity contribution >= 4 is 21.5 Å². The van der Waals surface area contributed by atoms with Crippen LogP contribution in [0.5, 0.6) is 5.75 Å². The molecule has 144 valence electrons. The molecule has 0 radical (unpaired) electrons. The van der Waals surface area contributed by atoms with Gasteiger partial charge in [-0.3, -0.25) is 4.98 Å². The zero-order chi connectivity index (χ0) is 20.4. The number of fused-ring (bicyclic) bond motifs is 1. The van der Waals surface area contributed by atoms with Gasteiger partial charge < -0.3 is 8.75 Å². The van der Waals surface area contributed by atoms with Gasteiger partial charge in [-0.2, -0.15) is 18.8 Å². The van der Waals surface area contributed by atoms with Gasteiger partial charge in [0.25, 0.3) is 0 Å². The predicted octanol–water partition coefficient (Wildman–Crippen LogP) is 2.00. The summed E-state index contributed by atoms with van der Waals surface area (Å²) in [5, 5.41) is 14.3. The molecule has 2 N–H and O–H groups in total.